The molecule has 1 aliphatic heterocycles. The highest BCUT2D eigenvalue weighted by Crippen LogP contribution is 2.33. The fourth-order valence-electron chi connectivity index (χ4n) is 2.31. The highest BCUT2D eigenvalue weighted by Gasteiger charge is 2.36. The molecule has 3 rings (SSSR count). The van der Waals surface area contributed by atoms with Crippen LogP contribution in [0.3, 0.4) is 0 Å². The Morgan fingerprint density at radius 2 is 2.00 bits per heavy atom. The summed E-state index contributed by atoms with van der Waals surface area (Å²) >= 11 is 6.00. The number of anilines is 1. The van der Waals surface area contributed by atoms with Crippen LogP contribution in [0.1, 0.15) is 15.9 Å². The maximum absolute atomic E-state index is 12.0. The molecule has 20 heavy (non-hydrogen) atoms. The quantitative estimate of drug-likeness (QED) is 0.815. The van der Waals surface area contributed by atoms with Crippen LogP contribution in [0.2, 0.25) is 5.02 Å². The summed E-state index contributed by atoms with van der Waals surface area (Å²) in [4.78, 5) is 29.5. The van der Waals surface area contributed by atoms with E-state index in [0.29, 0.717) is 29.2 Å². The van der Waals surface area contributed by atoms with Gasteiger partial charge in [0.05, 0.1) is 16.3 Å². The molecule has 2 heterocycles. The zero-order chi connectivity index (χ0) is 14.1. The molecule has 2 aromatic rings. The van der Waals surface area contributed by atoms with Gasteiger partial charge < -0.3 is 4.90 Å². The molecule has 0 N–H and O–H groups in total. The van der Waals surface area contributed by atoms with Crippen LogP contribution in [0.4, 0.5) is 5.69 Å². The largest absolute Gasteiger partial charge is 0.304 e. The summed E-state index contributed by atoms with van der Waals surface area (Å²) in [5.74, 6) is -1.05. The van der Waals surface area contributed by atoms with Crippen molar-refractivity contribution in [3.8, 4) is 0 Å². The summed E-state index contributed by atoms with van der Waals surface area (Å²) in [6.07, 6.45) is 4.09. The van der Waals surface area contributed by atoms with E-state index in [1.807, 2.05) is 12.1 Å². The normalized spacial score (nSPS) is 13.8. The van der Waals surface area contributed by atoms with Crippen molar-refractivity contribution in [3.63, 3.8) is 0 Å². The highest BCUT2D eigenvalue weighted by molar-refractivity contribution is 6.55. The van der Waals surface area contributed by atoms with Crippen molar-refractivity contribution in [2.24, 2.45) is 0 Å². The van der Waals surface area contributed by atoms with Gasteiger partial charge >= 0.3 is 0 Å². The molecule has 1 aromatic heterocycles. The van der Waals surface area contributed by atoms with Gasteiger partial charge in [-0.05, 0) is 30.2 Å². The molecule has 0 unspecified atom stereocenters. The monoisotopic (exact) mass is 286 g/mol. The molecule has 0 saturated heterocycles. The van der Waals surface area contributed by atoms with Crippen molar-refractivity contribution in [2.45, 2.75) is 6.42 Å². The number of ketones is 1. The van der Waals surface area contributed by atoms with Gasteiger partial charge in [0.15, 0.2) is 0 Å². The number of carbonyl (C=O) groups excluding carboxylic acids is 2. The first-order valence-corrected chi connectivity index (χ1v) is 6.60. The highest BCUT2D eigenvalue weighted by atomic mass is 35.5. The standard InChI is InChI=1S/C15H11ClN2O2/c16-11-4-1-5-12-13(11)14(19)15(20)18(12)8-6-10-3-2-7-17-9-10/h1-5,7,9H,6,8H2. The second-order valence-electron chi connectivity index (χ2n) is 4.53. The molecule has 1 amide bonds. The number of fused-ring (bicyclic) bond motifs is 1. The van der Waals surface area contributed by atoms with E-state index in [-0.39, 0.29) is 0 Å². The summed E-state index contributed by atoms with van der Waals surface area (Å²) < 4.78 is 0. The number of rotatable bonds is 3. The predicted octanol–water partition coefficient (Wildman–Crippen LogP) is 2.51. The average molecular weight is 287 g/mol. The second kappa shape index (κ2) is 5.06. The Morgan fingerprint density at radius 1 is 1.15 bits per heavy atom. The lowest BCUT2D eigenvalue weighted by Gasteiger charge is -2.16. The third kappa shape index (κ3) is 2.08. The van der Waals surface area contributed by atoms with E-state index in [1.54, 1.807) is 30.6 Å². The summed E-state index contributed by atoms with van der Waals surface area (Å²) in [5.41, 5.74) is 1.92. The van der Waals surface area contributed by atoms with Crippen LogP contribution in [-0.2, 0) is 11.2 Å². The van der Waals surface area contributed by atoms with Gasteiger partial charge in [-0.3, -0.25) is 14.6 Å². The number of aromatic nitrogens is 1. The fourth-order valence-corrected chi connectivity index (χ4v) is 2.57. The number of pyridine rings is 1. The number of halogens is 1. The lowest BCUT2D eigenvalue weighted by molar-refractivity contribution is -0.114. The Kier molecular flexibility index (Phi) is 3.24. The van der Waals surface area contributed by atoms with Crippen molar-refractivity contribution in [1.82, 2.24) is 4.98 Å². The molecule has 0 radical (unpaired) electrons. The minimum atomic E-state index is -0.531. The number of Topliss-reactive ketones (excluding diaryl/α,β-unsaturated/α-hetero) is 1. The summed E-state index contributed by atoms with van der Waals surface area (Å²) in [7, 11) is 0. The number of carbonyl (C=O) groups is 2. The Hall–Kier alpha value is -2.20. The van der Waals surface area contributed by atoms with Crippen LogP contribution in [0.5, 0.6) is 0 Å². The number of hydrogen-bond donors (Lipinski definition) is 0. The molecule has 0 saturated carbocycles. The van der Waals surface area contributed by atoms with Gasteiger partial charge in [0.1, 0.15) is 0 Å². The van der Waals surface area contributed by atoms with Crippen LogP contribution in [0, 0.1) is 0 Å². The van der Waals surface area contributed by atoms with Gasteiger partial charge in [-0.25, -0.2) is 0 Å². The molecule has 4 nitrogen and oxygen atoms in total. The SMILES string of the molecule is O=C1C(=O)N(CCc2cccnc2)c2cccc(Cl)c21. The molecule has 5 heteroatoms. The predicted molar refractivity (Wildman–Crippen MR) is 76.1 cm³/mol. The lowest BCUT2D eigenvalue weighted by atomic mass is 10.1. The van der Waals surface area contributed by atoms with E-state index in [1.165, 1.54) is 4.90 Å². The van der Waals surface area contributed by atoms with E-state index in [4.69, 9.17) is 11.6 Å². The number of benzene rings is 1. The van der Waals surface area contributed by atoms with Gasteiger partial charge in [-0.2, -0.15) is 0 Å². The van der Waals surface area contributed by atoms with E-state index in [0.717, 1.165) is 5.56 Å². The first-order valence-electron chi connectivity index (χ1n) is 6.22. The Bertz CT molecular complexity index is 686. The van der Waals surface area contributed by atoms with Gasteiger partial charge in [0, 0.05) is 18.9 Å². The van der Waals surface area contributed by atoms with Crippen LogP contribution in [-0.4, -0.2) is 23.2 Å². The van der Waals surface area contributed by atoms with Gasteiger partial charge in [-0.1, -0.05) is 23.7 Å². The van der Waals surface area contributed by atoms with Crippen LogP contribution < -0.4 is 4.90 Å². The van der Waals surface area contributed by atoms with Crippen molar-refractivity contribution < 1.29 is 9.59 Å². The fraction of sp³-hybridized carbons (Fsp3) is 0.133. The number of amides is 1. The third-order valence-electron chi connectivity index (χ3n) is 3.30. The van der Waals surface area contributed by atoms with Crippen molar-refractivity contribution in [2.75, 3.05) is 11.4 Å². The third-order valence-corrected chi connectivity index (χ3v) is 3.61. The van der Waals surface area contributed by atoms with Gasteiger partial charge in [0.25, 0.3) is 11.7 Å². The molecule has 0 bridgehead atoms. The summed E-state index contributed by atoms with van der Waals surface area (Å²) in [6, 6.07) is 8.89. The van der Waals surface area contributed by atoms with Gasteiger partial charge in [0.2, 0.25) is 0 Å². The zero-order valence-electron chi connectivity index (χ0n) is 10.5. The van der Waals surface area contributed by atoms with E-state index < -0.39 is 11.7 Å². The summed E-state index contributed by atoms with van der Waals surface area (Å²) in [6.45, 7) is 0.434. The van der Waals surface area contributed by atoms with E-state index in [2.05, 4.69) is 4.98 Å². The molecular formula is C15H11ClN2O2. The Balaban J connectivity index is 1.87. The maximum Gasteiger partial charge on any atom is 0.299 e. The molecule has 100 valence electrons. The van der Waals surface area contributed by atoms with Crippen molar-refractivity contribution in [3.05, 3.63) is 58.9 Å². The smallest absolute Gasteiger partial charge is 0.299 e. The van der Waals surface area contributed by atoms with Crippen molar-refractivity contribution in [1.29, 1.82) is 0 Å². The second-order valence-corrected chi connectivity index (χ2v) is 4.94. The zero-order valence-corrected chi connectivity index (χ0v) is 11.3. The van der Waals surface area contributed by atoms with Gasteiger partial charge in [-0.15, -0.1) is 0 Å². The van der Waals surface area contributed by atoms with Crippen LogP contribution in [0.25, 0.3) is 0 Å². The van der Waals surface area contributed by atoms with Crippen molar-refractivity contribution >= 4 is 29.0 Å². The van der Waals surface area contributed by atoms with Crippen LogP contribution in [0.15, 0.2) is 42.7 Å². The molecular weight excluding hydrogens is 276 g/mol. The minimum Gasteiger partial charge on any atom is -0.304 e. The maximum atomic E-state index is 12.0. The Labute approximate surface area is 121 Å². The molecule has 0 spiro atoms. The summed E-state index contributed by atoms with van der Waals surface area (Å²) in [5, 5.41) is 0.324. The molecule has 0 fully saturated rings. The van der Waals surface area contributed by atoms with E-state index >= 15 is 0 Å². The average Bonchev–Trinajstić information content (AvgIpc) is 2.71. The van der Waals surface area contributed by atoms with E-state index in [9.17, 15) is 9.59 Å². The molecule has 0 aliphatic carbocycles. The first kappa shape index (κ1) is 12.8. The molecule has 1 aliphatic rings. The lowest BCUT2D eigenvalue weighted by Crippen LogP contribution is -2.31. The molecule has 0 atom stereocenters. The van der Waals surface area contributed by atoms with Crippen LogP contribution >= 0.6 is 11.6 Å². The number of hydrogen-bond acceptors (Lipinski definition) is 3. The topological polar surface area (TPSA) is 50.3 Å². The first-order chi connectivity index (χ1) is 9.68. The Morgan fingerprint density at radius 3 is 2.75 bits per heavy atom. The molecule has 1 aromatic carbocycles. The number of nitrogens with zero attached hydrogens (tertiary/aromatic N) is 2. The minimum absolute atomic E-state index is 0.311.